The van der Waals surface area contributed by atoms with E-state index in [4.69, 9.17) is 10.2 Å². The molecule has 0 spiro atoms. The molecule has 0 saturated carbocycles. The SMILES string of the molecule is CN(CCO)c1cccc(N(C)CCO)n1. The second kappa shape index (κ2) is 6.30. The van der Waals surface area contributed by atoms with E-state index in [1.165, 1.54) is 0 Å². The molecule has 1 aromatic heterocycles. The molecule has 90 valence electrons. The third-order valence-electron chi connectivity index (χ3n) is 2.37. The molecular weight excluding hydrogens is 206 g/mol. The lowest BCUT2D eigenvalue weighted by Crippen LogP contribution is -2.25. The second-order valence-corrected chi connectivity index (χ2v) is 3.64. The van der Waals surface area contributed by atoms with Crippen molar-refractivity contribution in [2.45, 2.75) is 0 Å². The number of hydrogen-bond acceptors (Lipinski definition) is 5. The third kappa shape index (κ3) is 3.36. The van der Waals surface area contributed by atoms with E-state index in [2.05, 4.69) is 4.98 Å². The Labute approximate surface area is 95.9 Å². The summed E-state index contributed by atoms with van der Waals surface area (Å²) < 4.78 is 0. The van der Waals surface area contributed by atoms with Gasteiger partial charge in [-0.3, -0.25) is 0 Å². The van der Waals surface area contributed by atoms with Crippen molar-refractivity contribution in [1.29, 1.82) is 0 Å². The van der Waals surface area contributed by atoms with Gasteiger partial charge in [0, 0.05) is 27.2 Å². The molecule has 1 rings (SSSR count). The number of aliphatic hydroxyl groups excluding tert-OH is 2. The molecule has 0 unspecified atom stereocenters. The van der Waals surface area contributed by atoms with Crippen LogP contribution in [0.3, 0.4) is 0 Å². The summed E-state index contributed by atoms with van der Waals surface area (Å²) in [5, 5.41) is 17.7. The molecule has 1 aromatic rings. The maximum atomic E-state index is 8.85. The number of aliphatic hydroxyl groups is 2. The Morgan fingerprint density at radius 3 is 1.81 bits per heavy atom. The maximum Gasteiger partial charge on any atom is 0.130 e. The monoisotopic (exact) mass is 225 g/mol. The predicted molar refractivity (Wildman–Crippen MR) is 64.9 cm³/mol. The Kier molecular flexibility index (Phi) is 5.01. The molecule has 0 aliphatic rings. The lowest BCUT2D eigenvalue weighted by Gasteiger charge is -2.21. The van der Waals surface area contributed by atoms with Crippen molar-refractivity contribution in [2.24, 2.45) is 0 Å². The zero-order valence-corrected chi connectivity index (χ0v) is 9.80. The van der Waals surface area contributed by atoms with Crippen molar-refractivity contribution in [1.82, 2.24) is 4.98 Å². The Balaban J connectivity index is 2.77. The molecule has 1 heterocycles. The van der Waals surface area contributed by atoms with Crippen LogP contribution in [0.15, 0.2) is 18.2 Å². The van der Waals surface area contributed by atoms with Gasteiger partial charge < -0.3 is 20.0 Å². The quantitative estimate of drug-likeness (QED) is 0.710. The van der Waals surface area contributed by atoms with Gasteiger partial charge in [0.1, 0.15) is 11.6 Å². The smallest absolute Gasteiger partial charge is 0.130 e. The van der Waals surface area contributed by atoms with Gasteiger partial charge in [-0.2, -0.15) is 0 Å². The topological polar surface area (TPSA) is 59.8 Å². The van der Waals surface area contributed by atoms with Crippen molar-refractivity contribution in [3.8, 4) is 0 Å². The highest BCUT2D eigenvalue weighted by atomic mass is 16.3. The van der Waals surface area contributed by atoms with Gasteiger partial charge in [0.15, 0.2) is 0 Å². The number of pyridine rings is 1. The molecule has 2 N–H and O–H groups in total. The normalized spacial score (nSPS) is 10.2. The molecule has 5 heteroatoms. The highest BCUT2D eigenvalue weighted by Gasteiger charge is 2.05. The van der Waals surface area contributed by atoms with Crippen LogP contribution in [0.5, 0.6) is 0 Å². The van der Waals surface area contributed by atoms with Gasteiger partial charge in [0.05, 0.1) is 13.2 Å². The van der Waals surface area contributed by atoms with Gasteiger partial charge in [-0.1, -0.05) is 6.07 Å². The van der Waals surface area contributed by atoms with Gasteiger partial charge in [-0.15, -0.1) is 0 Å². The molecule has 0 aliphatic heterocycles. The molecule has 16 heavy (non-hydrogen) atoms. The number of hydrogen-bond donors (Lipinski definition) is 2. The first-order valence-corrected chi connectivity index (χ1v) is 5.30. The van der Waals surface area contributed by atoms with E-state index in [0.717, 1.165) is 11.6 Å². The summed E-state index contributed by atoms with van der Waals surface area (Å²) in [7, 11) is 3.77. The Morgan fingerprint density at radius 2 is 1.44 bits per heavy atom. The first-order chi connectivity index (χ1) is 7.69. The summed E-state index contributed by atoms with van der Waals surface area (Å²) in [6, 6.07) is 5.71. The minimum atomic E-state index is 0.106. The zero-order valence-electron chi connectivity index (χ0n) is 9.80. The number of aromatic nitrogens is 1. The molecule has 0 saturated heterocycles. The average Bonchev–Trinajstić information content (AvgIpc) is 2.30. The van der Waals surface area contributed by atoms with Crippen molar-refractivity contribution >= 4 is 11.6 Å². The fourth-order valence-electron chi connectivity index (χ4n) is 1.37. The second-order valence-electron chi connectivity index (χ2n) is 3.64. The molecule has 0 amide bonds. The first kappa shape index (κ1) is 12.7. The van der Waals surface area contributed by atoms with Crippen LogP contribution in [0, 0.1) is 0 Å². The van der Waals surface area contributed by atoms with E-state index in [9.17, 15) is 0 Å². The van der Waals surface area contributed by atoms with Crippen LogP contribution in [0.2, 0.25) is 0 Å². The minimum Gasteiger partial charge on any atom is -0.395 e. The molecule has 0 atom stereocenters. The number of rotatable bonds is 6. The van der Waals surface area contributed by atoms with Gasteiger partial charge in [0.2, 0.25) is 0 Å². The average molecular weight is 225 g/mol. The first-order valence-electron chi connectivity index (χ1n) is 5.30. The van der Waals surface area contributed by atoms with E-state index in [1.807, 2.05) is 42.1 Å². The lowest BCUT2D eigenvalue weighted by atomic mass is 10.4. The van der Waals surface area contributed by atoms with Crippen LogP contribution < -0.4 is 9.80 Å². The molecular formula is C11H19N3O2. The number of nitrogens with zero attached hydrogens (tertiary/aromatic N) is 3. The van der Waals surface area contributed by atoms with Crippen LogP contribution in [0.25, 0.3) is 0 Å². The predicted octanol–water partition coefficient (Wildman–Crippen LogP) is -0.0614. The van der Waals surface area contributed by atoms with Crippen LogP contribution in [0.4, 0.5) is 11.6 Å². The zero-order chi connectivity index (χ0) is 12.0. The molecule has 0 fully saturated rings. The highest BCUT2D eigenvalue weighted by Crippen LogP contribution is 2.15. The fraction of sp³-hybridized carbons (Fsp3) is 0.545. The summed E-state index contributed by atoms with van der Waals surface area (Å²) in [6.07, 6.45) is 0. The summed E-state index contributed by atoms with van der Waals surface area (Å²) in [4.78, 5) is 8.21. The summed E-state index contributed by atoms with van der Waals surface area (Å²) in [5.41, 5.74) is 0. The van der Waals surface area contributed by atoms with Gasteiger partial charge in [-0.05, 0) is 12.1 Å². The summed E-state index contributed by atoms with van der Waals surface area (Å²) in [5.74, 6) is 1.63. The fourth-order valence-corrected chi connectivity index (χ4v) is 1.37. The largest absolute Gasteiger partial charge is 0.395 e. The van der Waals surface area contributed by atoms with Crippen molar-refractivity contribution in [2.75, 3.05) is 50.2 Å². The highest BCUT2D eigenvalue weighted by molar-refractivity contribution is 5.47. The molecule has 0 bridgehead atoms. The summed E-state index contributed by atoms with van der Waals surface area (Å²) in [6.45, 7) is 1.32. The van der Waals surface area contributed by atoms with Gasteiger partial charge in [-0.25, -0.2) is 4.98 Å². The van der Waals surface area contributed by atoms with Crippen LogP contribution >= 0.6 is 0 Å². The van der Waals surface area contributed by atoms with E-state index in [1.54, 1.807) is 0 Å². The lowest BCUT2D eigenvalue weighted by molar-refractivity contribution is 0.303. The van der Waals surface area contributed by atoms with Crippen molar-refractivity contribution in [3.63, 3.8) is 0 Å². The molecule has 0 aromatic carbocycles. The summed E-state index contributed by atoms with van der Waals surface area (Å²) >= 11 is 0. The van der Waals surface area contributed by atoms with Crippen LogP contribution in [-0.4, -0.2) is 55.6 Å². The van der Waals surface area contributed by atoms with Gasteiger partial charge >= 0.3 is 0 Å². The van der Waals surface area contributed by atoms with Gasteiger partial charge in [0.25, 0.3) is 0 Å². The molecule has 5 nitrogen and oxygen atoms in total. The van der Waals surface area contributed by atoms with E-state index < -0.39 is 0 Å². The standard InChI is InChI=1S/C11H19N3O2/c1-13(6-8-15)10-4-3-5-11(12-10)14(2)7-9-16/h3-5,15-16H,6-9H2,1-2H3. The maximum absolute atomic E-state index is 8.85. The van der Waals surface area contributed by atoms with E-state index >= 15 is 0 Å². The minimum absolute atomic E-state index is 0.106. The number of anilines is 2. The third-order valence-corrected chi connectivity index (χ3v) is 2.37. The Bertz CT molecular complexity index is 293. The Morgan fingerprint density at radius 1 is 1.00 bits per heavy atom. The van der Waals surface area contributed by atoms with Crippen LogP contribution in [-0.2, 0) is 0 Å². The van der Waals surface area contributed by atoms with Crippen LogP contribution in [0.1, 0.15) is 0 Å². The molecule has 0 radical (unpaired) electrons. The molecule has 0 aliphatic carbocycles. The Hall–Kier alpha value is -1.33. The van der Waals surface area contributed by atoms with Crippen molar-refractivity contribution < 1.29 is 10.2 Å². The van der Waals surface area contributed by atoms with E-state index in [-0.39, 0.29) is 13.2 Å². The van der Waals surface area contributed by atoms with E-state index in [0.29, 0.717) is 13.1 Å². The van der Waals surface area contributed by atoms with Crippen molar-refractivity contribution in [3.05, 3.63) is 18.2 Å². The number of likely N-dealkylation sites (N-methyl/N-ethyl adjacent to an activating group) is 2.